The predicted molar refractivity (Wildman–Crippen MR) is 74.4 cm³/mol. The Labute approximate surface area is 123 Å². The van der Waals surface area contributed by atoms with E-state index in [2.05, 4.69) is 10.2 Å². The van der Waals surface area contributed by atoms with Crippen LogP contribution in [0.2, 0.25) is 0 Å². The molecule has 0 spiro atoms. The largest absolute Gasteiger partial charge is 0.344 e. The molecule has 5 nitrogen and oxygen atoms in total. The monoisotopic (exact) mass is 312 g/mol. The molecular weight excluding hydrogens is 298 g/mol. The topological polar surface area (TPSA) is 76.7 Å². The quantitative estimate of drug-likeness (QED) is 0.883. The molecule has 0 atom stereocenters. The Balaban J connectivity index is 1.93. The van der Waals surface area contributed by atoms with Crippen LogP contribution in [-0.2, 0) is 6.42 Å². The molecule has 112 valence electrons. The number of hydrogen-bond donors (Lipinski definition) is 2. The maximum atomic E-state index is 14.0. The maximum absolute atomic E-state index is 14.0. The number of H-pyrrole nitrogens is 1. The SMILES string of the molecule is NCCc1cc(F)c(Sc2n[nH]c(=O)n2C2CC2)c(F)c1. The van der Waals surface area contributed by atoms with Crippen LogP contribution in [0.25, 0.3) is 0 Å². The molecule has 1 fully saturated rings. The molecule has 0 unspecified atom stereocenters. The van der Waals surface area contributed by atoms with Crippen LogP contribution in [-0.4, -0.2) is 21.3 Å². The highest BCUT2D eigenvalue weighted by atomic mass is 32.2. The van der Waals surface area contributed by atoms with Gasteiger partial charge in [-0.2, -0.15) is 0 Å². The van der Waals surface area contributed by atoms with Gasteiger partial charge in [0.15, 0.2) is 5.16 Å². The number of halogens is 2. The van der Waals surface area contributed by atoms with Crippen molar-refractivity contribution in [3.05, 3.63) is 39.8 Å². The minimum atomic E-state index is -0.666. The summed E-state index contributed by atoms with van der Waals surface area (Å²) in [6, 6.07) is 2.62. The average Bonchev–Trinajstić information content (AvgIpc) is 3.19. The number of rotatable bonds is 5. The van der Waals surface area contributed by atoms with Crippen molar-refractivity contribution >= 4 is 11.8 Å². The van der Waals surface area contributed by atoms with Crippen LogP contribution in [0.4, 0.5) is 8.78 Å². The summed E-state index contributed by atoms with van der Waals surface area (Å²) in [6.07, 6.45) is 2.18. The van der Waals surface area contributed by atoms with Crippen molar-refractivity contribution < 1.29 is 8.78 Å². The van der Waals surface area contributed by atoms with Gasteiger partial charge >= 0.3 is 5.69 Å². The van der Waals surface area contributed by atoms with Crippen molar-refractivity contribution in [2.45, 2.75) is 35.4 Å². The zero-order valence-electron chi connectivity index (χ0n) is 11.1. The van der Waals surface area contributed by atoms with E-state index in [9.17, 15) is 13.6 Å². The van der Waals surface area contributed by atoms with Crippen molar-refractivity contribution in [3.63, 3.8) is 0 Å². The van der Waals surface area contributed by atoms with E-state index in [-0.39, 0.29) is 21.8 Å². The molecule has 1 aliphatic carbocycles. The lowest BCUT2D eigenvalue weighted by atomic mass is 10.1. The van der Waals surface area contributed by atoms with Gasteiger partial charge in [0.2, 0.25) is 0 Å². The molecule has 1 saturated carbocycles. The number of benzene rings is 1. The van der Waals surface area contributed by atoms with Crippen molar-refractivity contribution in [3.8, 4) is 0 Å². The first-order valence-electron chi connectivity index (χ1n) is 6.63. The van der Waals surface area contributed by atoms with Crippen molar-refractivity contribution in [1.29, 1.82) is 0 Å². The Morgan fingerprint density at radius 3 is 2.62 bits per heavy atom. The van der Waals surface area contributed by atoms with Gasteiger partial charge in [-0.15, -0.1) is 5.10 Å². The fraction of sp³-hybridized carbons (Fsp3) is 0.385. The highest BCUT2D eigenvalue weighted by molar-refractivity contribution is 7.99. The minimum Gasteiger partial charge on any atom is -0.330 e. The zero-order valence-corrected chi connectivity index (χ0v) is 11.9. The lowest BCUT2D eigenvalue weighted by molar-refractivity contribution is 0.535. The van der Waals surface area contributed by atoms with Gasteiger partial charge in [-0.25, -0.2) is 18.7 Å². The van der Waals surface area contributed by atoms with Gasteiger partial charge in [-0.3, -0.25) is 4.57 Å². The summed E-state index contributed by atoms with van der Waals surface area (Å²) in [4.78, 5) is 11.5. The summed E-state index contributed by atoms with van der Waals surface area (Å²) < 4.78 is 29.6. The molecule has 1 heterocycles. The molecule has 0 aliphatic heterocycles. The van der Waals surface area contributed by atoms with Gasteiger partial charge in [0.05, 0.1) is 4.90 Å². The van der Waals surface area contributed by atoms with E-state index in [4.69, 9.17) is 5.73 Å². The second kappa shape index (κ2) is 5.61. The number of aromatic amines is 1. The lowest BCUT2D eigenvalue weighted by Gasteiger charge is -2.08. The van der Waals surface area contributed by atoms with Crippen LogP contribution in [0.15, 0.2) is 27.0 Å². The minimum absolute atomic E-state index is 0.0846. The smallest absolute Gasteiger partial charge is 0.330 e. The first-order chi connectivity index (χ1) is 10.1. The van der Waals surface area contributed by atoms with Crippen molar-refractivity contribution in [2.24, 2.45) is 5.73 Å². The van der Waals surface area contributed by atoms with Gasteiger partial charge < -0.3 is 5.73 Å². The van der Waals surface area contributed by atoms with E-state index in [1.54, 1.807) is 0 Å². The second-order valence-electron chi connectivity index (χ2n) is 4.94. The van der Waals surface area contributed by atoms with Crippen LogP contribution in [0, 0.1) is 11.6 Å². The van der Waals surface area contributed by atoms with E-state index < -0.39 is 11.6 Å². The first kappa shape index (κ1) is 14.3. The van der Waals surface area contributed by atoms with Crippen LogP contribution in [0.1, 0.15) is 24.4 Å². The van der Waals surface area contributed by atoms with Gasteiger partial charge in [0.25, 0.3) is 0 Å². The van der Waals surface area contributed by atoms with Gasteiger partial charge in [-0.1, -0.05) is 0 Å². The zero-order chi connectivity index (χ0) is 15.0. The Hall–Kier alpha value is -1.67. The summed E-state index contributed by atoms with van der Waals surface area (Å²) in [6.45, 7) is 0.325. The van der Waals surface area contributed by atoms with E-state index in [1.807, 2.05) is 0 Å². The van der Waals surface area contributed by atoms with E-state index >= 15 is 0 Å². The fourth-order valence-corrected chi connectivity index (χ4v) is 3.05. The van der Waals surface area contributed by atoms with Gasteiger partial charge in [0, 0.05) is 6.04 Å². The third kappa shape index (κ3) is 2.86. The molecule has 0 radical (unpaired) electrons. The lowest BCUT2D eigenvalue weighted by Crippen LogP contribution is -2.16. The second-order valence-corrected chi connectivity index (χ2v) is 5.92. The normalized spacial score (nSPS) is 14.6. The molecule has 1 aromatic heterocycles. The standard InChI is InChI=1S/C13H14F2N4OS/c14-9-5-7(3-4-16)6-10(15)11(9)21-13-18-17-12(20)19(13)8-1-2-8/h5-6,8H,1-4,16H2,(H,17,20). The molecule has 8 heteroatoms. The third-order valence-corrected chi connectivity index (χ3v) is 4.33. The van der Waals surface area contributed by atoms with Gasteiger partial charge in [0.1, 0.15) is 11.6 Å². The highest BCUT2D eigenvalue weighted by Crippen LogP contribution is 2.38. The van der Waals surface area contributed by atoms with E-state index in [0.29, 0.717) is 18.5 Å². The van der Waals surface area contributed by atoms with Crippen LogP contribution < -0.4 is 11.4 Å². The third-order valence-electron chi connectivity index (χ3n) is 3.27. The summed E-state index contributed by atoms with van der Waals surface area (Å²) in [5.41, 5.74) is 5.55. The number of nitrogens with two attached hydrogens (primary N) is 1. The molecule has 21 heavy (non-hydrogen) atoms. The van der Waals surface area contributed by atoms with Crippen molar-refractivity contribution in [2.75, 3.05) is 6.54 Å². The maximum Gasteiger partial charge on any atom is 0.344 e. The molecule has 2 aromatic rings. The molecule has 0 amide bonds. The van der Waals surface area contributed by atoms with Crippen LogP contribution >= 0.6 is 11.8 Å². The fourth-order valence-electron chi connectivity index (χ4n) is 2.13. The number of nitrogens with zero attached hydrogens (tertiary/aromatic N) is 2. The molecule has 3 N–H and O–H groups in total. The average molecular weight is 312 g/mol. The summed E-state index contributed by atoms with van der Waals surface area (Å²) >= 11 is 0.823. The van der Waals surface area contributed by atoms with E-state index in [1.165, 1.54) is 16.7 Å². The molecule has 1 aromatic carbocycles. The Morgan fingerprint density at radius 1 is 1.38 bits per heavy atom. The summed E-state index contributed by atoms with van der Waals surface area (Å²) in [7, 11) is 0. The van der Waals surface area contributed by atoms with Gasteiger partial charge in [-0.05, 0) is 55.3 Å². The molecule has 3 rings (SSSR count). The predicted octanol–water partition coefficient (Wildman–Crippen LogP) is 1.84. The van der Waals surface area contributed by atoms with Crippen LogP contribution in [0.5, 0.6) is 0 Å². The highest BCUT2D eigenvalue weighted by Gasteiger charge is 2.29. The first-order valence-corrected chi connectivity index (χ1v) is 7.44. The van der Waals surface area contributed by atoms with E-state index in [0.717, 1.165) is 24.6 Å². The Morgan fingerprint density at radius 2 is 2.05 bits per heavy atom. The Bertz CT molecular complexity index is 700. The number of hydrogen-bond acceptors (Lipinski definition) is 4. The summed E-state index contributed by atoms with van der Waals surface area (Å²) in [5, 5.41) is 6.46. The summed E-state index contributed by atoms with van der Waals surface area (Å²) in [5.74, 6) is -1.33. The molecule has 0 bridgehead atoms. The molecule has 1 aliphatic rings. The van der Waals surface area contributed by atoms with Crippen LogP contribution in [0.3, 0.4) is 0 Å². The number of nitrogens with one attached hydrogen (secondary N) is 1. The number of aromatic nitrogens is 3. The Kier molecular flexibility index (Phi) is 3.81. The molecule has 0 saturated heterocycles. The molecular formula is C13H14F2N4OS. The van der Waals surface area contributed by atoms with Crippen molar-refractivity contribution in [1.82, 2.24) is 14.8 Å².